The van der Waals surface area contributed by atoms with Crippen LogP contribution in [0.15, 0.2) is 47.4 Å². The van der Waals surface area contributed by atoms with Crippen LogP contribution in [-0.2, 0) is 16.6 Å². The van der Waals surface area contributed by atoms with E-state index in [2.05, 4.69) is 0 Å². The molecule has 0 amide bonds. The third-order valence-electron chi connectivity index (χ3n) is 3.64. The summed E-state index contributed by atoms with van der Waals surface area (Å²) in [6.45, 7) is 0.264. The number of ether oxygens (including phenoxy) is 2. The van der Waals surface area contributed by atoms with Crippen molar-refractivity contribution in [3.05, 3.63) is 53.8 Å². The van der Waals surface area contributed by atoms with Crippen molar-refractivity contribution in [2.75, 3.05) is 27.3 Å². The highest BCUT2D eigenvalue weighted by Crippen LogP contribution is 2.33. The van der Waals surface area contributed by atoms with Crippen LogP contribution in [0.4, 0.5) is 4.39 Å². The number of halogens is 2. The molecule has 0 unspecified atom stereocenters. The Labute approximate surface area is 159 Å². The Hall–Kier alpha value is -1.87. The molecular weight excluding hydrogens is 383 g/mol. The summed E-state index contributed by atoms with van der Waals surface area (Å²) in [5.41, 5.74) is 6.33. The van der Waals surface area contributed by atoms with Crippen molar-refractivity contribution >= 4 is 22.4 Å². The second kappa shape index (κ2) is 9.72. The maximum Gasteiger partial charge on any atom is 0.246 e. The SMILES string of the molecule is COc1cc(F)c(S(=O)(=O)N(CCN)Cc2ccccc2)cc1OC.Cl. The summed E-state index contributed by atoms with van der Waals surface area (Å²) in [6.07, 6.45) is 0. The standard InChI is InChI=1S/C17H21FN2O4S.ClH/c1-23-15-10-14(18)17(11-16(15)24-2)25(21,22)20(9-8-19)12-13-6-4-3-5-7-13;/h3-7,10-11H,8-9,12,19H2,1-2H3;1H. The second-order valence-electron chi connectivity index (χ2n) is 5.25. The molecule has 0 radical (unpaired) electrons. The predicted molar refractivity (Wildman–Crippen MR) is 99.8 cm³/mol. The Morgan fingerprint density at radius 2 is 1.65 bits per heavy atom. The monoisotopic (exact) mass is 404 g/mol. The summed E-state index contributed by atoms with van der Waals surface area (Å²) >= 11 is 0. The Morgan fingerprint density at radius 3 is 2.19 bits per heavy atom. The summed E-state index contributed by atoms with van der Waals surface area (Å²) in [6, 6.07) is 11.2. The van der Waals surface area contributed by atoms with Crippen molar-refractivity contribution in [1.82, 2.24) is 4.31 Å². The van der Waals surface area contributed by atoms with Gasteiger partial charge in [0.05, 0.1) is 14.2 Å². The van der Waals surface area contributed by atoms with E-state index in [0.29, 0.717) is 0 Å². The lowest BCUT2D eigenvalue weighted by atomic mass is 10.2. The van der Waals surface area contributed by atoms with Gasteiger partial charge in [-0.2, -0.15) is 4.31 Å². The molecule has 0 bridgehead atoms. The van der Waals surface area contributed by atoms with E-state index in [4.69, 9.17) is 15.2 Å². The van der Waals surface area contributed by atoms with E-state index >= 15 is 0 Å². The maximum atomic E-state index is 14.4. The van der Waals surface area contributed by atoms with Crippen molar-refractivity contribution in [2.45, 2.75) is 11.4 Å². The number of sulfonamides is 1. The van der Waals surface area contributed by atoms with Crippen molar-refractivity contribution in [3.8, 4) is 11.5 Å². The van der Waals surface area contributed by atoms with Gasteiger partial charge in [0.2, 0.25) is 10.0 Å². The normalized spacial score (nSPS) is 11.1. The van der Waals surface area contributed by atoms with Crippen LogP contribution in [0.25, 0.3) is 0 Å². The molecule has 0 aromatic heterocycles. The summed E-state index contributed by atoms with van der Waals surface area (Å²) in [5.74, 6) is -0.657. The topological polar surface area (TPSA) is 81.9 Å². The number of methoxy groups -OCH3 is 2. The third-order valence-corrected chi connectivity index (χ3v) is 5.50. The van der Waals surface area contributed by atoms with Crippen molar-refractivity contribution < 1.29 is 22.3 Å². The number of rotatable bonds is 8. The lowest BCUT2D eigenvalue weighted by Crippen LogP contribution is -2.35. The zero-order valence-corrected chi connectivity index (χ0v) is 16.1. The molecule has 144 valence electrons. The van der Waals surface area contributed by atoms with E-state index in [1.54, 1.807) is 24.3 Å². The Kier molecular flexibility index (Phi) is 8.29. The summed E-state index contributed by atoms with van der Waals surface area (Å²) in [5, 5.41) is 0. The van der Waals surface area contributed by atoms with E-state index in [-0.39, 0.29) is 43.5 Å². The van der Waals surface area contributed by atoms with Crippen LogP contribution < -0.4 is 15.2 Å². The molecule has 0 aliphatic carbocycles. The fourth-order valence-corrected chi connectivity index (χ4v) is 3.89. The first-order valence-corrected chi connectivity index (χ1v) is 9.03. The summed E-state index contributed by atoms with van der Waals surface area (Å²) < 4.78 is 51.5. The molecule has 0 heterocycles. The third kappa shape index (κ3) is 4.85. The smallest absolute Gasteiger partial charge is 0.246 e. The zero-order chi connectivity index (χ0) is 18.4. The van der Waals surface area contributed by atoms with E-state index < -0.39 is 20.7 Å². The minimum Gasteiger partial charge on any atom is -0.493 e. The summed E-state index contributed by atoms with van der Waals surface area (Å²) in [7, 11) is -1.40. The lowest BCUT2D eigenvalue weighted by molar-refractivity contribution is 0.349. The van der Waals surface area contributed by atoms with Gasteiger partial charge >= 0.3 is 0 Å². The van der Waals surface area contributed by atoms with E-state index in [0.717, 1.165) is 22.0 Å². The molecule has 2 N–H and O–H groups in total. The minimum absolute atomic E-state index is 0. The average molecular weight is 405 g/mol. The first-order valence-electron chi connectivity index (χ1n) is 7.59. The molecule has 2 aromatic carbocycles. The molecule has 0 atom stereocenters. The molecule has 0 aliphatic rings. The molecule has 0 fully saturated rings. The van der Waals surface area contributed by atoms with Crippen molar-refractivity contribution in [3.63, 3.8) is 0 Å². The van der Waals surface area contributed by atoms with Gasteiger partial charge in [0, 0.05) is 31.8 Å². The van der Waals surface area contributed by atoms with Crippen LogP contribution in [0.5, 0.6) is 11.5 Å². The van der Waals surface area contributed by atoms with E-state index in [9.17, 15) is 12.8 Å². The Bertz CT molecular complexity index is 819. The fraction of sp³-hybridized carbons (Fsp3) is 0.294. The quantitative estimate of drug-likeness (QED) is 0.730. The molecule has 0 saturated heterocycles. The van der Waals surface area contributed by atoms with Gasteiger partial charge in [0.1, 0.15) is 10.7 Å². The van der Waals surface area contributed by atoms with Gasteiger partial charge in [0.25, 0.3) is 0 Å². The number of benzene rings is 2. The second-order valence-corrected chi connectivity index (χ2v) is 7.16. The van der Waals surface area contributed by atoms with Crippen LogP contribution in [0, 0.1) is 5.82 Å². The molecular formula is C17H22ClFN2O4S. The van der Waals surface area contributed by atoms with Crippen molar-refractivity contribution in [2.24, 2.45) is 5.73 Å². The van der Waals surface area contributed by atoms with Crippen LogP contribution in [0.3, 0.4) is 0 Å². The molecule has 0 saturated carbocycles. The first kappa shape index (κ1) is 22.2. The van der Waals surface area contributed by atoms with Gasteiger partial charge in [0.15, 0.2) is 11.5 Å². The highest BCUT2D eigenvalue weighted by atomic mass is 35.5. The molecule has 26 heavy (non-hydrogen) atoms. The highest BCUT2D eigenvalue weighted by molar-refractivity contribution is 7.89. The van der Waals surface area contributed by atoms with E-state index in [1.807, 2.05) is 6.07 Å². The molecule has 2 rings (SSSR count). The number of hydrogen-bond acceptors (Lipinski definition) is 5. The molecule has 0 spiro atoms. The molecule has 2 aromatic rings. The number of nitrogens with zero attached hydrogens (tertiary/aromatic N) is 1. The Balaban J connectivity index is 0.00000338. The Morgan fingerprint density at radius 1 is 1.08 bits per heavy atom. The van der Waals surface area contributed by atoms with Crippen LogP contribution in [0.1, 0.15) is 5.56 Å². The van der Waals surface area contributed by atoms with Gasteiger partial charge in [-0.15, -0.1) is 12.4 Å². The van der Waals surface area contributed by atoms with Gasteiger partial charge in [-0.25, -0.2) is 12.8 Å². The fourth-order valence-electron chi connectivity index (χ4n) is 2.39. The van der Waals surface area contributed by atoms with Crippen LogP contribution >= 0.6 is 12.4 Å². The first-order chi connectivity index (χ1) is 11.9. The molecule has 6 nitrogen and oxygen atoms in total. The zero-order valence-electron chi connectivity index (χ0n) is 14.5. The van der Waals surface area contributed by atoms with Gasteiger partial charge in [-0.05, 0) is 5.56 Å². The molecule has 0 aliphatic heterocycles. The van der Waals surface area contributed by atoms with Gasteiger partial charge in [-0.1, -0.05) is 30.3 Å². The largest absolute Gasteiger partial charge is 0.493 e. The highest BCUT2D eigenvalue weighted by Gasteiger charge is 2.29. The summed E-state index contributed by atoms with van der Waals surface area (Å²) in [4.78, 5) is -0.477. The van der Waals surface area contributed by atoms with Gasteiger partial charge in [-0.3, -0.25) is 0 Å². The average Bonchev–Trinajstić information content (AvgIpc) is 2.61. The van der Waals surface area contributed by atoms with Crippen LogP contribution in [-0.4, -0.2) is 40.0 Å². The predicted octanol–water partition coefficient (Wildman–Crippen LogP) is 2.41. The van der Waals surface area contributed by atoms with Crippen molar-refractivity contribution in [1.29, 1.82) is 0 Å². The van der Waals surface area contributed by atoms with E-state index in [1.165, 1.54) is 14.2 Å². The van der Waals surface area contributed by atoms with Gasteiger partial charge < -0.3 is 15.2 Å². The van der Waals surface area contributed by atoms with Crippen LogP contribution in [0.2, 0.25) is 0 Å². The molecule has 9 heteroatoms. The maximum absolute atomic E-state index is 14.4. The lowest BCUT2D eigenvalue weighted by Gasteiger charge is -2.22. The number of hydrogen-bond donors (Lipinski definition) is 1. The number of nitrogens with two attached hydrogens (primary N) is 1. The minimum atomic E-state index is -4.11.